The number of methoxy groups -OCH3 is 1. The van der Waals surface area contributed by atoms with Crippen LogP contribution in [0.25, 0.3) is 0 Å². The fourth-order valence-corrected chi connectivity index (χ4v) is 4.79. The summed E-state index contributed by atoms with van der Waals surface area (Å²) in [5.41, 5.74) is 5.45. The second-order valence-corrected chi connectivity index (χ2v) is 10.0. The van der Waals surface area contributed by atoms with Crippen LogP contribution in [0, 0.1) is 0 Å². The van der Waals surface area contributed by atoms with Gasteiger partial charge in [0.1, 0.15) is 6.61 Å². The second kappa shape index (κ2) is 9.79. The number of nitrogens with zero attached hydrogens (tertiary/aromatic N) is 3. The molecule has 2 fully saturated rings. The quantitative estimate of drug-likeness (QED) is 0.587. The van der Waals surface area contributed by atoms with Gasteiger partial charge in [-0.25, -0.2) is 13.4 Å². The Kier molecular flexibility index (Phi) is 6.84. The maximum atomic E-state index is 12.3. The molecular formula is C21H26N4O7S. The van der Waals surface area contributed by atoms with Crippen LogP contribution in [0.2, 0.25) is 0 Å². The number of hydrogen-bond acceptors (Lipinski definition) is 10. The third-order valence-corrected chi connectivity index (χ3v) is 7.00. The molecule has 1 atom stereocenters. The van der Waals surface area contributed by atoms with Gasteiger partial charge in [0.25, 0.3) is 11.8 Å². The van der Waals surface area contributed by atoms with Crippen LogP contribution < -0.4 is 24.8 Å². The van der Waals surface area contributed by atoms with E-state index >= 15 is 0 Å². The summed E-state index contributed by atoms with van der Waals surface area (Å²) in [5, 5.41) is 0. The minimum Gasteiger partial charge on any atom is -0.493 e. The third-order valence-electron chi connectivity index (χ3n) is 5.39. The zero-order valence-electron chi connectivity index (χ0n) is 18.2. The number of carbonyl (C=O) groups is 1. The van der Waals surface area contributed by atoms with E-state index in [1.165, 1.54) is 7.11 Å². The predicted molar refractivity (Wildman–Crippen MR) is 119 cm³/mol. The summed E-state index contributed by atoms with van der Waals surface area (Å²) in [5.74, 6) is -0.0273. The first kappa shape index (κ1) is 23.1. The van der Waals surface area contributed by atoms with Crippen LogP contribution in [0.15, 0.2) is 24.3 Å². The molecule has 1 aromatic carbocycles. The molecule has 2 aliphatic rings. The zero-order valence-corrected chi connectivity index (χ0v) is 19.0. The van der Waals surface area contributed by atoms with Crippen molar-refractivity contribution < 1.29 is 32.2 Å². The number of benzene rings is 1. The summed E-state index contributed by atoms with van der Waals surface area (Å²) in [4.78, 5) is 22.8. The van der Waals surface area contributed by atoms with Gasteiger partial charge in [0.05, 0.1) is 24.7 Å². The summed E-state index contributed by atoms with van der Waals surface area (Å²) in [6.07, 6.45) is 1.66. The summed E-state index contributed by atoms with van der Waals surface area (Å²) >= 11 is 0. The lowest BCUT2D eigenvalue weighted by Gasteiger charge is -2.27. The number of carbonyl (C=O) groups excluding carboxylic acids is 1. The van der Waals surface area contributed by atoms with Crippen LogP contribution in [0.5, 0.6) is 23.1 Å². The van der Waals surface area contributed by atoms with Crippen molar-refractivity contribution in [3.05, 3.63) is 30.0 Å². The van der Waals surface area contributed by atoms with Crippen LogP contribution >= 0.6 is 0 Å². The minimum absolute atomic E-state index is 0.0173. The lowest BCUT2D eigenvalue weighted by molar-refractivity contribution is 0.0653. The van der Waals surface area contributed by atoms with E-state index in [2.05, 4.69) is 9.97 Å². The van der Waals surface area contributed by atoms with Gasteiger partial charge >= 0.3 is 0 Å². The average molecular weight is 479 g/mol. The molecule has 4 rings (SSSR count). The van der Waals surface area contributed by atoms with Gasteiger partial charge in [-0.2, -0.15) is 4.98 Å². The highest BCUT2D eigenvalue weighted by molar-refractivity contribution is 7.91. The fraction of sp³-hybridized carbons (Fsp3) is 0.476. The van der Waals surface area contributed by atoms with Crippen molar-refractivity contribution in [2.24, 2.45) is 5.73 Å². The first-order valence-electron chi connectivity index (χ1n) is 10.6. The Morgan fingerprint density at radius 2 is 1.94 bits per heavy atom. The van der Waals surface area contributed by atoms with Crippen molar-refractivity contribution in [3.63, 3.8) is 0 Å². The fourth-order valence-electron chi connectivity index (χ4n) is 3.59. The van der Waals surface area contributed by atoms with Gasteiger partial charge in [-0.05, 0) is 25.0 Å². The van der Waals surface area contributed by atoms with Crippen LogP contribution in [0.4, 0.5) is 5.95 Å². The van der Waals surface area contributed by atoms with Gasteiger partial charge in [0, 0.05) is 19.7 Å². The molecule has 0 aliphatic carbocycles. The lowest BCUT2D eigenvalue weighted by atomic mass is 10.2. The molecule has 2 aromatic rings. The third kappa shape index (κ3) is 5.45. The molecule has 0 saturated carbocycles. The number of aromatic nitrogens is 2. The Morgan fingerprint density at radius 1 is 1.21 bits per heavy atom. The molecule has 1 amide bonds. The molecule has 33 heavy (non-hydrogen) atoms. The topological polar surface area (TPSA) is 143 Å². The van der Waals surface area contributed by atoms with Crippen molar-refractivity contribution in [2.75, 3.05) is 49.8 Å². The van der Waals surface area contributed by atoms with Gasteiger partial charge in [0.2, 0.25) is 11.7 Å². The van der Waals surface area contributed by atoms with Crippen molar-refractivity contribution in [1.29, 1.82) is 0 Å². The molecule has 11 nitrogen and oxygen atoms in total. The first-order chi connectivity index (χ1) is 15.9. The largest absolute Gasteiger partial charge is 0.493 e. The molecule has 178 valence electrons. The molecule has 1 unspecified atom stereocenters. The second-order valence-electron chi connectivity index (χ2n) is 7.71. The summed E-state index contributed by atoms with van der Waals surface area (Å²) in [7, 11) is -1.62. The Bertz CT molecular complexity index is 1110. The average Bonchev–Trinajstić information content (AvgIpc) is 3.32. The van der Waals surface area contributed by atoms with Gasteiger partial charge in [0.15, 0.2) is 27.0 Å². The standard InChI is InChI=1S/C21H26N4O7S/c1-29-15-6-2-3-7-16(15)32-18-17(19(22)26)23-21(25-8-11-33(27,28)12-9-25)24-20(18)31-13-14-5-4-10-30-14/h2-3,6-7,14H,4-5,8-13H2,1H3,(H2,22,26). The molecule has 2 saturated heterocycles. The Balaban J connectivity index is 1.72. The van der Waals surface area contributed by atoms with Crippen molar-refractivity contribution in [1.82, 2.24) is 9.97 Å². The molecule has 3 heterocycles. The van der Waals surface area contributed by atoms with E-state index in [0.29, 0.717) is 18.1 Å². The monoisotopic (exact) mass is 478 g/mol. The van der Waals surface area contributed by atoms with Crippen molar-refractivity contribution in [2.45, 2.75) is 18.9 Å². The van der Waals surface area contributed by atoms with Gasteiger partial charge in [-0.3, -0.25) is 4.79 Å². The molecule has 2 N–H and O–H groups in total. The molecule has 0 spiro atoms. The summed E-state index contributed by atoms with van der Waals surface area (Å²) in [6.45, 7) is 1.24. The SMILES string of the molecule is COc1ccccc1Oc1c(OCC2CCCO2)nc(N2CCS(=O)(=O)CC2)nc1C(N)=O. The van der Waals surface area contributed by atoms with E-state index in [0.717, 1.165) is 12.8 Å². The van der Waals surface area contributed by atoms with Gasteiger partial charge in [-0.1, -0.05) is 12.1 Å². The maximum Gasteiger partial charge on any atom is 0.271 e. The van der Waals surface area contributed by atoms with Gasteiger partial charge in [-0.15, -0.1) is 0 Å². The van der Waals surface area contributed by atoms with Crippen LogP contribution in [-0.4, -0.2) is 75.3 Å². The number of rotatable bonds is 8. The molecule has 0 bridgehead atoms. The summed E-state index contributed by atoms with van der Waals surface area (Å²) < 4.78 is 46.5. The number of para-hydroxylation sites is 2. The van der Waals surface area contributed by atoms with Crippen LogP contribution in [0.3, 0.4) is 0 Å². The van der Waals surface area contributed by atoms with Crippen molar-refractivity contribution >= 4 is 21.7 Å². The number of anilines is 1. The van der Waals surface area contributed by atoms with E-state index < -0.39 is 15.7 Å². The molecular weight excluding hydrogens is 452 g/mol. The molecule has 2 aliphatic heterocycles. The highest BCUT2D eigenvalue weighted by Crippen LogP contribution is 2.38. The van der Waals surface area contributed by atoms with Crippen molar-refractivity contribution in [3.8, 4) is 23.1 Å². The van der Waals surface area contributed by atoms with Crippen LogP contribution in [0.1, 0.15) is 23.3 Å². The number of primary amides is 1. The summed E-state index contributed by atoms with van der Waals surface area (Å²) in [6, 6.07) is 6.89. The number of nitrogens with two attached hydrogens (primary N) is 1. The molecule has 1 aromatic heterocycles. The Morgan fingerprint density at radius 3 is 2.58 bits per heavy atom. The number of amides is 1. The zero-order chi connectivity index (χ0) is 23.4. The normalized spacial score (nSPS) is 19.8. The number of hydrogen-bond donors (Lipinski definition) is 1. The number of ether oxygens (including phenoxy) is 4. The smallest absolute Gasteiger partial charge is 0.271 e. The van der Waals surface area contributed by atoms with E-state index in [-0.39, 0.29) is 60.6 Å². The van der Waals surface area contributed by atoms with Gasteiger partial charge < -0.3 is 29.6 Å². The minimum atomic E-state index is -3.11. The first-order valence-corrected chi connectivity index (χ1v) is 12.4. The lowest BCUT2D eigenvalue weighted by Crippen LogP contribution is -2.41. The highest BCUT2D eigenvalue weighted by atomic mass is 32.2. The molecule has 0 radical (unpaired) electrons. The van der Waals surface area contributed by atoms with E-state index in [1.807, 2.05) is 0 Å². The number of sulfone groups is 1. The van der Waals surface area contributed by atoms with E-state index in [4.69, 9.17) is 24.7 Å². The Hall–Kier alpha value is -3.12. The maximum absolute atomic E-state index is 12.3. The van der Waals surface area contributed by atoms with E-state index in [9.17, 15) is 13.2 Å². The Labute approximate surface area is 191 Å². The van der Waals surface area contributed by atoms with E-state index in [1.54, 1.807) is 29.2 Å². The van der Waals surface area contributed by atoms with Crippen LogP contribution in [-0.2, 0) is 14.6 Å². The highest BCUT2D eigenvalue weighted by Gasteiger charge is 2.29. The predicted octanol–water partition coefficient (Wildman–Crippen LogP) is 1.17. The molecule has 12 heteroatoms.